The molecule has 0 bridgehead atoms. The lowest BCUT2D eigenvalue weighted by atomic mass is 9.97. The van der Waals surface area contributed by atoms with Gasteiger partial charge in [-0.15, -0.1) is 0 Å². The lowest BCUT2D eigenvalue weighted by Gasteiger charge is -2.07. The van der Waals surface area contributed by atoms with Crippen molar-refractivity contribution in [2.75, 3.05) is 6.54 Å². The van der Waals surface area contributed by atoms with Gasteiger partial charge in [0.1, 0.15) is 0 Å². The Kier molecular flexibility index (Phi) is 3.68. The van der Waals surface area contributed by atoms with E-state index in [1.165, 1.54) is 0 Å². The molecule has 0 unspecified atom stereocenters. The molecule has 2 rings (SSSR count). The first-order valence-corrected chi connectivity index (χ1v) is 5.70. The van der Waals surface area contributed by atoms with Crippen molar-refractivity contribution in [2.45, 2.75) is 6.42 Å². The van der Waals surface area contributed by atoms with Crippen LogP contribution in [0.3, 0.4) is 0 Å². The number of hydrogen-bond acceptors (Lipinski definition) is 2. The van der Waals surface area contributed by atoms with Crippen molar-refractivity contribution in [2.24, 2.45) is 5.73 Å². The van der Waals surface area contributed by atoms with Crippen LogP contribution in [-0.2, 0) is 6.42 Å². The minimum atomic E-state index is 0.0645. The first-order valence-electron chi connectivity index (χ1n) is 5.70. The lowest BCUT2D eigenvalue weighted by Crippen LogP contribution is -2.09. The molecule has 0 aromatic heterocycles. The molecule has 17 heavy (non-hydrogen) atoms. The fourth-order valence-corrected chi connectivity index (χ4v) is 1.86. The molecule has 2 N–H and O–H groups in total. The summed E-state index contributed by atoms with van der Waals surface area (Å²) in [5, 5.41) is 0. The van der Waals surface area contributed by atoms with E-state index in [2.05, 4.69) is 0 Å². The SMILES string of the molecule is NCCc1ccccc1C(=O)c1ccccc1. The van der Waals surface area contributed by atoms with Crippen LogP contribution in [0.5, 0.6) is 0 Å². The molecule has 2 nitrogen and oxygen atoms in total. The predicted octanol–water partition coefficient (Wildman–Crippen LogP) is 2.42. The summed E-state index contributed by atoms with van der Waals surface area (Å²) in [6.07, 6.45) is 0.731. The van der Waals surface area contributed by atoms with Crippen LogP contribution in [0.25, 0.3) is 0 Å². The smallest absolute Gasteiger partial charge is 0.193 e. The van der Waals surface area contributed by atoms with Crippen molar-refractivity contribution in [1.29, 1.82) is 0 Å². The Bertz CT molecular complexity index is 505. The lowest BCUT2D eigenvalue weighted by molar-refractivity contribution is 0.103. The molecular formula is C15H15NO. The van der Waals surface area contributed by atoms with Crippen molar-refractivity contribution in [3.05, 3.63) is 71.3 Å². The Morgan fingerprint density at radius 3 is 2.29 bits per heavy atom. The van der Waals surface area contributed by atoms with Crippen LogP contribution in [0.4, 0.5) is 0 Å². The largest absolute Gasteiger partial charge is 0.330 e. The summed E-state index contributed by atoms with van der Waals surface area (Å²) < 4.78 is 0. The molecular weight excluding hydrogens is 210 g/mol. The van der Waals surface area contributed by atoms with Crippen molar-refractivity contribution in [3.8, 4) is 0 Å². The van der Waals surface area contributed by atoms with E-state index in [9.17, 15) is 4.79 Å². The maximum atomic E-state index is 12.3. The average molecular weight is 225 g/mol. The van der Waals surface area contributed by atoms with E-state index in [1.807, 2.05) is 54.6 Å². The standard InChI is InChI=1S/C15H15NO/c16-11-10-12-6-4-5-9-14(12)15(17)13-7-2-1-3-8-13/h1-9H,10-11,16H2. The second kappa shape index (κ2) is 5.41. The summed E-state index contributed by atoms with van der Waals surface area (Å²) in [6.45, 7) is 0.555. The van der Waals surface area contributed by atoms with Gasteiger partial charge in [-0.2, -0.15) is 0 Å². The summed E-state index contributed by atoms with van der Waals surface area (Å²) in [7, 11) is 0. The van der Waals surface area contributed by atoms with Gasteiger partial charge in [-0.25, -0.2) is 0 Å². The summed E-state index contributed by atoms with van der Waals surface area (Å²) in [4.78, 5) is 12.3. The van der Waals surface area contributed by atoms with Gasteiger partial charge in [0.25, 0.3) is 0 Å². The van der Waals surface area contributed by atoms with Crippen LogP contribution >= 0.6 is 0 Å². The van der Waals surface area contributed by atoms with E-state index in [4.69, 9.17) is 5.73 Å². The van der Waals surface area contributed by atoms with Gasteiger partial charge in [0, 0.05) is 11.1 Å². The molecule has 0 fully saturated rings. The van der Waals surface area contributed by atoms with E-state index in [-0.39, 0.29) is 5.78 Å². The molecule has 0 spiro atoms. The van der Waals surface area contributed by atoms with E-state index in [1.54, 1.807) is 0 Å². The van der Waals surface area contributed by atoms with Crippen molar-refractivity contribution >= 4 is 5.78 Å². The zero-order valence-corrected chi connectivity index (χ0v) is 9.60. The highest BCUT2D eigenvalue weighted by Crippen LogP contribution is 2.14. The highest BCUT2D eigenvalue weighted by Gasteiger charge is 2.11. The van der Waals surface area contributed by atoms with Gasteiger partial charge in [0.2, 0.25) is 0 Å². The highest BCUT2D eigenvalue weighted by molar-refractivity contribution is 6.09. The van der Waals surface area contributed by atoms with Crippen molar-refractivity contribution in [3.63, 3.8) is 0 Å². The summed E-state index contributed by atoms with van der Waals surface area (Å²) >= 11 is 0. The maximum absolute atomic E-state index is 12.3. The third-order valence-electron chi connectivity index (χ3n) is 2.71. The quantitative estimate of drug-likeness (QED) is 0.812. The van der Waals surface area contributed by atoms with Gasteiger partial charge < -0.3 is 5.73 Å². The van der Waals surface area contributed by atoms with Crippen LogP contribution in [0.1, 0.15) is 21.5 Å². The van der Waals surface area contributed by atoms with Crippen LogP contribution in [0.2, 0.25) is 0 Å². The predicted molar refractivity (Wildman–Crippen MR) is 69.1 cm³/mol. The Morgan fingerprint density at radius 2 is 1.59 bits per heavy atom. The van der Waals surface area contributed by atoms with Gasteiger partial charge >= 0.3 is 0 Å². The number of carbonyl (C=O) groups excluding carboxylic acids is 1. The molecule has 0 aliphatic carbocycles. The van der Waals surface area contributed by atoms with Gasteiger partial charge in [-0.05, 0) is 18.5 Å². The molecule has 0 saturated carbocycles. The molecule has 0 atom stereocenters. The Morgan fingerprint density at radius 1 is 0.941 bits per heavy atom. The fourth-order valence-electron chi connectivity index (χ4n) is 1.86. The third kappa shape index (κ3) is 2.60. The number of carbonyl (C=O) groups is 1. The Labute approximate surface area is 101 Å². The molecule has 0 amide bonds. The number of ketones is 1. The van der Waals surface area contributed by atoms with Gasteiger partial charge in [0.05, 0.1) is 0 Å². The maximum Gasteiger partial charge on any atom is 0.193 e. The molecule has 0 radical (unpaired) electrons. The first-order chi connectivity index (χ1) is 8.33. The average Bonchev–Trinajstić information content (AvgIpc) is 2.40. The zero-order chi connectivity index (χ0) is 12.1. The molecule has 0 aliphatic heterocycles. The van der Waals surface area contributed by atoms with Crippen molar-refractivity contribution < 1.29 is 4.79 Å². The Balaban J connectivity index is 2.37. The van der Waals surface area contributed by atoms with Crippen molar-refractivity contribution in [1.82, 2.24) is 0 Å². The minimum Gasteiger partial charge on any atom is -0.330 e. The molecule has 0 saturated heterocycles. The number of benzene rings is 2. The van der Waals surface area contributed by atoms with Crippen LogP contribution in [-0.4, -0.2) is 12.3 Å². The Hall–Kier alpha value is -1.93. The summed E-state index contributed by atoms with van der Waals surface area (Å²) in [6, 6.07) is 17.0. The van der Waals surface area contributed by atoms with E-state index in [0.29, 0.717) is 6.54 Å². The molecule has 0 heterocycles. The molecule has 86 valence electrons. The van der Waals surface area contributed by atoms with E-state index >= 15 is 0 Å². The van der Waals surface area contributed by atoms with Gasteiger partial charge in [0.15, 0.2) is 5.78 Å². The second-order valence-corrected chi connectivity index (χ2v) is 3.89. The van der Waals surface area contributed by atoms with Gasteiger partial charge in [-0.1, -0.05) is 54.6 Å². The second-order valence-electron chi connectivity index (χ2n) is 3.89. The molecule has 2 heteroatoms. The highest BCUT2D eigenvalue weighted by atomic mass is 16.1. The van der Waals surface area contributed by atoms with Crippen LogP contribution < -0.4 is 5.73 Å². The molecule has 2 aromatic carbocycles. The van der Waals surface area contributed by atoms with Crippen LogP contribution in [0, 0.1) is 0 Å². The summed E-state index contributed by atoms with van der Waals surface area (Å²) in [5.41, 5.74) is 8.05. The zero-order valence-electron chi connectivity index (χ0n) is 9.60. The third-order valence-corrected chi connectivity index (χ3v) is 2.71. The topological polar surface area (TPSA) is 43.1 Å². The first kappa shape index (κ1) is 11.6. The minimum absolute atomic E-state index is 0.0645. The fraction of sp³-hybridized carbons (Fsp3) is 0.133. The van der Waals surface area contributed by atoms with Crippen LogP contribution in [0.15, 0.2) is 54.6 Å². The monoisotopic (exact) mass is 225 g/mol. The number of hydrogen-bond donors (Lipinski definition) is 1. The number of nitrogens with two attached hydrogens (primary N) is 1. The van der Waals surface area contributed by atoms with E-state index < -0.39 is 0 Å². The number of rotatable bonds is 4. The molecule has 0 aliphatic rings. The van der Waals surface area contributed by atoms with E-state index in [0.717, 1.165) is 23.1 Å². The normalized spacial score (nSPS) is 10.2. The van der Waals surface area contributed by atoms with Gasteiger partial charge in [-0.3, -0.25) is 4.79 Å². The molecule has 2 aromatic rings. The summed E-state index contributed by atoms with van der Waals surface area (Å²) in [5.74, 6) is 0.0645.